The van der Waals surface area contributed by atoms with Gasteiger partial charge in [0.2, 0.25) is 0 Å². The molecule has 0 aromatic heterocycles. The van der Waals surface area contributed by atoms with E-state index in [-0.39, 0.29) is 29.5 Å². The number of carbonyl (C=O) groups excluding carboxylic acids is 2. The Labute approximate surface area is 196 Å². The normalized spacial score (nSPS) is 28.7. The molecule has 3 amide bonds. The number of nitrogens with zero attached hydrogens (tertiary/aromatic N) is 1. The van der Waals surface area contributed by atoms with Gasteiger partial charge in [0.15, 0.2) is 5.54 Å². The van der Waals surface area contributed by atoms with Crippen molar-refractivity contribution >= 4 is 11.9 Å². The third-order valence-corrected chi connectivity index (χ3v) is 8.24. The minimum Gasteiger partial charge on any atom is -0.381 e. The molecule has 5 rings (SSSR count). The number of hydrogen-bond acceptors (Lipinski definition) is 3. The van der Waals surface area contributed by atoms with E-state index in [1.807, 2.05) is 19.9 Å². The number of benzene rings is 2. The van der Waals surface area contributed by atoms with E-state index in [0.717, 1.165) is 50.5 Å². The first-order chi connectivity index (χ1) is 15.9. The fraction of sp³-hybridized carbons (Fsp3) is 0.500. The number of aryl methyl sites for hydroxylation is 2. The molecule has 174 valence electrons. The Morgan fingerprint density at radius 1 is 1.03 bits per heavy atom. The summed E-state index contributed by atoms with van der Waals surface area (Å²) in [5, 5.41) is 3.26. The molecule has 1 atom stereocenters. The van der Waals surface area contributed by atoms with Crippen molar-refractivity contribution in [2.45, 2.75) is 76.5 Å². The van der Waals surface area contributed by atoms with Crippen LogP contribution in [0, 0.1) is 5.41 Å². The Balaban J connectivity index is 1.54. The van der Waals surface area contributed by atoms with Crippen LogP contribution in [0.3, 0.4) is 0 Å². The van der Waals surface area contributed by atoms with Crippen molar-refractivity contribution in [3.05, 3.63) is 70.8 Å². The van der Waals surface area contributed by atoms with Crippen molar-refractivity contribution in [3.63, 3.8) is 0 Å². The van der Waals surface area contributed by atoms with Crippen LogP contribution in [0.4, 0.5) is 4.79 Å². The highest BCUT2D eigenvalue weighted by molar-refractivity contribution is 6.09. The highest BCUT2D eigenvalue weighted by Crippen LogP contribution is 2.60. The first-order valence-corrected chi connectivity index (χ1v) is 12.2. The largest absolute Gasteiger partial charge is 0.381 e. The van der Waals surface area contributed by atoms with Crippen LogP contribution in [0.5, 0.6) is 0 Å². The van der Waals surface area contributed by atoms with Gasteiger partial charge in [-0.2, -0.15) is 0 Å². The third-order valence-electron chi connectivity index (χ3n) is 8.24. The van der Waals surface area contributed by atoms with Crippen LogP contribution >= 0.6 is 0 Å². The number of amides is 3. The summed E-state index contributed by atoms with van der Waals surface area (Å²) in [5.74, 6) is -0.0719. The summed E-state index contributed by atoms with van der Waals surface area (Å²) in [6, 6.07) is 16.7. The summed E-state index contributed by atoms with van der Waals surface area (Å²) in [6.45, 7) is 3.83. The van der Waals surface area contributed by atoms with E-state index in [4.69, 9.17) is 4.74 Å². The average Bonchev–Trinajstić information content (AvgIpc) is 3.24. The Kier molecular flexibility index (Phi) is 5.56. The molecule has 2 spiro atoms. The molecular weight excluding hydrogens is 412 g/mol. The van der Waals surface area contributed by atoms with Crippen LogP contribution in [-0.4, -0.2) is 36.1 Å². The first kappa shape index (κ1) is 22.1. The Morgan fingerprint density at radius 2 is 1.73 bits per heavy atom. The number of carbonyl (C=O) groups is 2. The van der Waals surface area contributed by atoms with E-state index in [2.05, 4.69) is 47.8 Å². The Hall–Kier alpha value is -2.66. The standard InChI is InChI=1S/C28H34N2O3/c1-19(2)30-25(31)28(29-26(30)32)24-17-21(10-9-20-7-5-4-6-8-20)11-12-22(24)18-27(28)15-13-23(33-3)14-16-27/h4-8,11-12,17,19,23H,9-10,13-16,18H2,1-3H3,(H,29,32). The quantitative estimate of drug-likeness (QED) is 0.674. The number of hydrogen-bond donors (Lipinski definition) is 1. The molecule has 0 bridgehead atoms. The van der Waals surface area contributed by atoms with Gasteiger partial charge in [-0.1, -0.05) is 48.5 Å². The van der Waals surface area contributed by atoms with E-state index in [0.29, 0.717) is 0 Å². The molecule has 1 heterocycles. The van der Waals surface area contributed by atoms with E-state index in [9.17, 15) is 9.59 Å². The number of ether oxygens (including phenoxy) is 1. The summed E-state index contributed by atoms with van der Waals surface area (Å²) in [6.07, 6.45) is 6.49. The van der Waals surface area contributed by atoms with E-state index in [1.165, 1.54) is 21.6 Å². The lowest BCUT2D eigenvalue weighted by Gasteiger charge is -2.46. The maximum Gasteiger partial charge on any atom is 0.325 e. The van der Waals surface area contributed by atoms with Crippen molar-refractivity contribution in [2.75, 3.05) is 7.11 Å². The van der Waals surface area contributed by atoms with Gasteiger partial charge in [0.25, 0.3) is 5.91 Å². The van der Waals surface area contributed by atoms with Crippen LogP contribution in [0.25, 0.3) is 0 Å². The summed E-state index contributed by atoms with van der Waals surface area (Å²) < 4.78 is 5.64. The summed E-state index contributed by atoms with van der Waals surface area (Å²) in [7, 11) is 1.77. The highest BCUT2D eigenvalue weighted by Gasteiger charge is 2.68. The predicted octanol–water partition coefficient (Wildman–Crippen LogP) is 4.76. The van der Waals surface area contributed by atoms with Gasteiger partial charge in [-0.05, 0) is 81.0 Å². The van der Waals surface area contributed by atoms with Gasteiger partial charge in [0, 0.05) is 18.6 Å². The van der Waals surface area contributed by atoms with Crippen LogP contribution < -0.4 is 5.32 Å². The van der Waals surface area contributed by atoms with Gasteiger partial charge in [0.05, 0.1) is 6.10 Å². The molecule has 1 saturated heterocycles. The molecule has 1 unspecified atom stereocenters. The second-order valence-electron chi connectivity index (χ2n) is 10.3. The van der Waals surface area contributed by atoms with Gasteiger partial charge in [0.1, 0.15) is 0 Å². The molecule has 3 aliphatic rings. The number of methoxy groups -OCH3 is 1. The Morgan fingerprint density at radius 3 is 2.36 bits per heavy atom. The van der Waals surface area contributed by atoms with Crippen molar-refractivity contribution < 1.29 is 14.3 Å². The second kappa shape index (κ2) is 8.28. The first-order valence-electron chi connectivity index (χ1n) is 12.2. The van der Waals surface area contributed by atoms with Crippen LogP contribution in [0.1, 0.15) is 61.8 Å². The number of rotatable bonds is 5. The lowest BCUT2D eigenvalue weighted by molar-refractivity contribution is -0.139. The molecule has 2 aromatic carbocycles. The van der Waals surface area contributed by atoms with Gasteiger partial charge >= 0.3 is 6.03 Å². The molecule has 2 aromatic rings. The second-order valence-corrected chi connectivity index (χ2v) is 10.3. The maximum atomic E-state index is 14.1. The zero-order valence-corrected chi connectivity index (χ0v) is 19.9. The minimum absolute atomic E-state index is 0.0719. The van der Waals surface area contributed by atoms with Gasteiger partial charge in [-0.15, -0.1) is 0 Å². The number of fused-ring (bicyclic) bond motifs is 3. The number of imide groups is 1. The molecule has 1 N–H and O–H groups in total. The molecule has 5 heteroatoms. The zero-order valence-electron chi connectivity index (χ0n) is 19.9. The fourth-order valence-corrected chi connectivity index (χ4v) is 6.49. The molecule has 5 nitrogen and oxygen atoms in total. The van der Waals surface area contributed by atoms with Crippen LogP contribution in [0.2, 0.25) is 0 Å². The summed E-state index contributed by atoms with van der Waals surface area (Å²) in [4.78, 5) is 28.6. The molecule has 2 aliphatic carbocycles. The lowest BCUT2D eigenvalue weighted by atomic mass is 9.61. The van der Waals surface area contributed by atoms with Gasteiger partial charge in [-0.3, -0.25) is 9.69 Å². The van der Waals surface area contributed by atoms with Crippen molar-refractivity contribution in [2.24, 2.45) is 5.41 Å². The fourth-order valence-electron chi connectivity index (χ4n) is 6.49. The number of urea groups is 1. The third kappa shape index (κ3) is 3.40. The number of nitrogens with one attached hydrogen (secondary N) is 1. The van der Waals surface area contributed by atoms with Gasteiger partial charge in [-0.25, -0.2) is 4.79 Å². The SMILES string of the molecule is COC1CCC2(CC1)Cc1ccc(CCc3ccccc3)cc1C21NC(=O)N(C(C)C)C1=O. The molecule has 2 fully saturated rings. The smallest absolute Gasteiger partial charge is 0.325 e. The summed E-state index contributed by atoms with van der Waals surface area (Å²) in [5.41, 5.74) is 3.48. The lowest BCUT2D eigenvalue weighted by Crippen LogP contribution is -2.57. The molecule has 1 saturated carbocycles. The molecule has 0 radical (unpaired) electrons. The summed E-state index contributed by atoms with van der Waals surface area (Å²) >= 11 is 0. The molecule has 33 heavy (non-hydrogen) atoms. The predicted molar refractivity (Wildman–Crippen MR) is 128 cm³/mol. The van der Waals surface area contributed by atoms with Crippen molar-refractivity contribution in [1.29, 1.82) is 0 Å². The van der Waals surface area contributed by atoms with Crippen LogP contribution in [-0.2, 0) is 34.3 Å². The monoisotopic (exact) mass is 446 g/mol. The van der Waals surface area contributed by atoms with E-state index >= 15 is 0 Å². The van der Waals surface area contributed by atoms with Crippen molar-refractivity contribution in [3.8, 4) is 0 Å². The van der Waals surface area contributed by atoms with Crippen LogP contribution in [0.15, 0.2) is 48.5 Å². The minimum atomic E-state index is -0.967. The highest BCUT2D eigenvalue weighted by atomic mass is 16.5. The molecule has 1 aliphatic heterocycles. The van der Waals surface area contributed by atoms with Gasteiger partial charge < -0.3 is 10.1 Å². The topological polar surface area (TPSA) is 58.6 Å². The van der Waals surface area contributed by atoms with E-state index in [1.54, 1.807) is 7.11 Å². The average molecular weight is 447 g/mol. The molecular formula is C28H34N2O3. The van der Waals surface area contributed by atoms with E-state index < -0.39 is 5.54 Å². The van der Waals surface area contributed by atoms with Crippen molar-refractivity contribution in [1.82, 2.24) is 10.2 Å². The Bertz CT molecular complexity index is 1060. The zero-order chi connectivity index (χ0) is 23.2. The maximum absolute atomic E-state index is 14.1.